The molecule has 0 radical (unpaired) electrons. The quantitative estimate of drug-likeness (QED) is 0.852. The molecule has 0 saturated heterocycles. The topological polar surface area (TPSA) is 81.4 Å². The molecule has 0 aromatic heterocycles. The second-order valence-electron chi connectivity index (χ2n) is 4.90. The summed E-state index contributed by atoms with van der Waals surface area (Å²) in [6.45, 7) is 1.85. The van der Waals surface area contributed by atoms with Gasteiger partial charge in [-0.05, 0) is 48.9 Å². The second-order valence-corrected chi connectivity index (χ2v) is 5.34. The van der Waals surface area contributed by atoms with Gasteiger partial charge in [0.05, 0.1) is 0 Å². The number of nitrogens with two attached hydrogens (primary N) is 1. The van der Waals surface area contributed by atoms with Crippen molar-refractivity contribution in [1.82, 2.24) is 0 Å². The van der Waals surface area contributed by atoms with E-state index in [0.29, 0.717) is 28.4 Å². The van der Waals surface area contributed by atoms with Crippen LogP contribution in [-0.4, -0.2) is 17.9 Å². The number of hydrogen-bond donors (Lipinski definition) is 2. The van der Waals surface area contributed by atoms with Crippen LogP contribution in [0.1, 0.15) is 23.7 Å². The van der Waals surface area contributed by atoms with Crippen LogP contribution in [0.3, 0.4) is 0 Å². The number of amides is 2. The van der Waals surface area contributed by atoms with Crippen LogP contribution in [0.25, 0.3) is 0 Å². The van der Waals surface area contributed by atoms with Crippen molar-refractivity contribution in [3.05, 3.63) is 59.1 Å². The van der Waals surface area contributed by atoms with Gasteiger partial charge in [-0.15, -0.1) is 0 Å². The molecule has 6 heteroatoms. The minimum absolute atomic E-state index is 0.278. The first-order chi connectivity index (χ1) is 11.0. The molecule has 2 amide bonds. The molecule has 5 nitrogen and oxygen atoms in total. The van der Waals surface area contributed by atoms with Gasteiger partial charge in [-0.3, -0.25) is 9.59 Å². The third kappa shape index (κ3) is 4.72. The number of rotatable bonds is 6. The number of ether oxygens (including phenoxy) is 1. The van der Waals surface area contributed by atoms with Gasteiger partial charge in [-0.2, -0.15) is 0 Å². The van der Waals surface area contributed by atoms with Crippen molar-refractivity contribution in [3.63, 3.8) is 0 Å². The van der Waals surface area contributed by atoms with Gasteiger partial charge in [0.2, 0.25) is 5.91 Å². The Morgan fingerprint density at radius 1 is 1.22 bits per heavy atom. The number of carbonyl (C=O) groups excluding carboxylic acids is 2. The summed E-state index contributed by atoms with van der Waals surface area (Å²) in [7, 11) is 0. The third-order valence-corrected chi connectivity index (χ3v) is 3.41. The van der Waals surface area contributed by atoms with E-state index in [1.165, 1.54) is 0 Å². The average Bonchev–Trinajstić information content (AvgIpc) is 2.53. The molecule has 23 heavy (non-hydrogen) atoms. The number of halogens is 1. The Bertz CT molecular complexity index is 701. The molecule has 0 fully saturated rings. The van der Waals surface area contributed by atoms with Crippen molar-refractivity contribution in [2.24, 2.45) is 5.73 Å². The fourth-order valence-electron chi connectivity index (χ4n) is 1.97. The predicted molar refractivity (Wildman–Crippen MR) is 89.7 cm³/mol. The van der Waals surface area contributed by atoms with Crippen LogP contribution in [0.15, 0.2) is 48.5 Å². The van der Waals surface area contributed by atoms with E-state index in [1.807, 2.05) is 6.92 Å². The van der Waals surface area contributed by atoms with E-state index in [1.54, 1.807) is 48.5 Å². The van der Waals surface area contributed by atoms with E-state index in [2.05, 4.69) is 5.32 Å². The molecule has 2 aromatic rings. The van der Waals surface area contributed by atoms with Crippen LogP contribution >= 0.6 is 11.6 Å². The van der Waals surface area contributed by atoms with Gasteiger partial charge in [0, 0.05) is 16.3 Å². The summed E-state index contributed by atoms with van der Waals surface area (Å²) in [4.78, 5) is 23.3. The highest BCUT2D eigenvalue weighted by molar-refractivity contribution is 6.30. The predicted octanol–water partition coefficient (Wildman–Crippen LogP) is 3.24. The van der Waals surface area contributed by atoms with E-state index < -0.39 is 12.0 Å². The van der Waals surface area contributed by atoms with Gasteiger partial charge in [0.25, 0.3) is 5.91 Å². The number of anilines is 1. The first-order valence-electron chi connectivity index (χ1n) is 7.12. The zero-order valence-corrected chi connectivity index (χ0v) is 13.3. The Morgan fingerprint density at radius 3 is 2.48 bits per heavy atom. The zero-order chi connectivity index (χ0) is 16.8. The van der Waals surface area contributed by atoms with Crippen molar-refractivity contribution >= 4 is 29.1 Å². The van der Waals surface area contributed by atoms with Gasteiger partial charge in [0.1, 0.15) is 5.75 Å². The van der Waals surface area contributed by atoms with Crippen LogP contribution in [0.5, 0.6) is 5.75 Å². The van der Waals surface area contributed by atoms with Crippen LogP contribution in [0.4, 0.5) is 5.69 Å². The summed E-state index contributed by atoms with van der Waals surface area (Å²) >= 11 is 5.90. The lowest BCUT2D eigenvalue weighted by Gasteiger charge is -2.17. The smallest absolute Gasteiger partial charge is 0.265 e. The Hall–Kier alpha value is -2.53. The molecule has 2 rings (SSSR count). The molecule has 0 aliphatic heterocycles. The Kier molecular flexibility index (Phi) is 5.60. The summed E-state index contributed by atoms with van der Waals surface area (Å²) < 4.78 is 5.67. The molecule has 0 spiro atoms. The summed E-state index contributed by atoms with van der Waals surface area (Å²) in [6, 6.07) is 13.2. The van der Waals surface area contributed by atoms with E-state index >= 15 is 0 Å². The number of hydrogen-bond acceptors (Lipinski definition) is 3. The normalized spacial score (nSPS) is 11.6. The lowest BCUT2D eigenvalue weighted by Crippen LogP contribution is -2.32. The Morgan fingerprint density at radius 2 is 1.91 bits per heavy atom. The van der Waals surface area contributed by atoms with E-state index in [9.17, 15) is 9.59 Å². The molecule has 0 aliphatic rings. The van der Waals surface area contributed by atoms with Gasteiger partial charge in [-0.1, -0.05) is 24.6 Å². The molecule has 0 heterocycles. The first-order valence-corrected chi connectivity index (χ1v) is 7.50. The molecule has 3 N–H and O–H groups in total. The molecule has 0 aliphatic carbocycles. The highest BCUT2D eigenvalue weighted by atomic mass is 35.5. The van der Waals surface area contributed by atoms with Gasteiger partial charge in [0.15, 0.2) is 6.10 Å². The minimum atomic E-state index is -0.649. The summed E-state index contributed by atoms with van der Waals surface area (Å²) in [6.07, 6.45) is -0.151. The first kappa shape index (κ1) is 16.8. The fraction of sp³-hybridized carbons (Fsp3) is 0.176. The van der Waals surface area contributed by atoms with Crippen LogP contribution in [-0.2, 0) is 4.79 Å². The molecule has 1 unspecified atom stereocenters. The maximum atomic E-state index is 12.3. The zero-order valence-electron chi connectivity index (χ0n) is 12.6. The SMILES string of the molecule is CCC(Oc1cccc(Cl)c1)C(=O)Nc1ccc(C(N)=O)cc1. The van der Waals surface area contributed by atoms with Gasteiger partial charge >= 0.3 is 0 Å². The van der Waals surface area contributed by atoms with Crippen LogP contribution in [0, 0.1) is 0 Å². The van der Waals surface area contributed by atoms with Crippen molar-refractivity contribution < 1.29 is 14.3 Å². The minimum Gasteiger partial charge on any atom is -0.481 e. The highest BCUT2D eigenvalue weighted by Gasteiger charge is 2.18. The van der Waals surface area contributed by atoms with Crippen molar-refractivity contribution in [1.29, 1.82) is 0 Å². The lowest BCUT2D eigenvalue weighted by atomic mass is 10.2. The molecule has 0 saturated carbocycles. The number of primary amides is 1. The number of nitrogens with one attached hydrogen (secondary N) is 1. The molecule has 1 atom stereocenters. The number of benzene rings is 2. The van der Waals surface area contributed by atoms with Crippen molar-refractivity contribution in [2.75, 3.05) is 5.32 Å². The molecule has 120 valence electrons. The fourth-order valence-corrected chi connectivity index (χ4v) is 2.15. The average molecular weight is 333 g/mol. The van der Waals surface area contributed by atoms with Gasteiger partial charge < -0.3 is 15.8 Å². The molecule has 2 aromatic carbocycles. The standard InChI is InChI=1S/C17H17ClN2O3/c1-2-15(23-14-5-3-4-12(18)10-14)17(22)20-13-8-6-11(7-9-13)16(19)21/h3-10,15H,2H2,1H3,(H2,19,21)(H,20,22). The maximum Gasteiger partial charge on any atom is 0.265 e. The van der Waals surface area contributed by atoms with Crippen molar-refractivity contribution in [3.8, 4) is 5.75 Å². The van der Waals surface area contributed by atoms with E-state index in [0.717, 1.165) is 0 Å². The van der Waals surface area contributed by atoms with Gasteiger partial charge in [-0.25, -0.2) is 0 Å². The lowest BCUT2D eigenvalue weighted by molar-refractivity contribution is -0.122. The van der Waals surface area contributed by atoms with E-state index in [4.69, 9.17) is 22.1 Å². The van der Waals surface area contributed by atoms with E-state index in [-0.39, 0.29) is 5.91 Å². The monoisotopic (exact) mass is 332 g/mol. The van der Waals surface area contributed by atoms with Crippen molar-refractivity contribution in [2.45, 2.75) is 19.4 Å². The Balaban J connectivity index is 2.03. The maximum absolute atomic E-state index is 12.3. The molecular weight excluding hydrogens is 316 g/mol. The third-order valence-electron chi connectivity index (χ3n) is 3.17. The number of carbonyl (C=O) groups is 2. The second kappa shape index (κ2) is 7.65. The molecular formula is C17H17ClN2O3. The summed E-state index contributed by atoms with van der Waals surface area (Å²) in [5.74, 6) is -0.263. The molecule has 0 bridgehead atoms. The summed E-state index contributed by atoms with van der Waals surface area (Å²) in [5, 5.41) is 3.29. The van der Waals surface area contributed by atoms with Crippen LogP contribution < -0.4 is 15.8 Å². The summed E-state index contributed by atoms with van der Waals surface area (Å²) in [5.41, 5.74) is 6.12. The van der Waals surface area contributed by atoms with Crippen LogP contribution in [0.2, 0.25) is 5.02 Å². The Labute approximate surface area is 139 Å². The highest BCUT2D eigenvalue weighted by Crippen LogP contribution is 2.20. The largest absolute Gasteiger partial charge is 0.481 e.